The Bertz CT molecular complexity index is 299. The molecule has 16 heavy (non-hydrogen) atoms. The van der Waals surface area contributed by atoms with E-state index in [4.69, 9.17) is 0 Å². The highest BCUT2D eigenvalue weighted by atomic mass is 15.1. The van der Waals surface area contributed by atoms with E-state index < -0.39 is 0 Å². The average Bonchev–Trinajstić information content (AvgIpc) is 2.34. The van der Waals surface area contributed by atoms with Crippen LogP contribution in [0, 0.1) is 5.92 Å². The quantitative estimate of drug-likeness (QED) is 0.741. The van der Waals surface area contributed by atoms with Gasteiger partial charge in [0.15, 0.2) is 0 Å². The molecule has 1 aromatic heterocycles. The van der Waals surface area contributed by atoms with Gasteiger partial charge in [-0.25, -0.2) is 4.98 Å². The Labute approximate surface area is 98.7 Å². The summed E-state index contributed by atoms with van der Waals surface area (Å²) >= 11 is 0. The van der Waals surface area contributed by atoms with Crippen LogP contribution >= 0.6 is 0 Å². The molecule has 0 bridgehead atoms. The van der Waals surface area contributed by atoms with E-state index in [9.17, 15) is 0 Å². The number of nitrogens with one attached hydrogen (secondary N) is 2. The summed E-state index contributed by atoms with van der Waals surface area (Å²) in [5.74, 6) is 2.60. The fraction of sp³-hybridized carbons (Fsp3) is 0.615. The molecule has 0 aliphatic carbocycles. The molecule has 0 saturated carbocycles. The first-order chi connectivity index (χ1) is 7.76. The standard InChI is InChI=1S/C13H23N3/c1-4-9-14-12-7-6-8-13(16-12)15-10-11(3)5-2/h6-8,11H,4-5,9-10H2,1-3H3,(H2,14,15,16). The fourth-order valence-electron chi connectivity index (χ4n) is 1.31. The van der Waals surface area contributed by atoms with Crippen LogP contribution < -0.4 is 10.6 Å². The number of rotatable bonds is 7. The summed E-state index contributed by atoms with van der Waals surface area (Å²) in [6, 6.07) is 6.05. The summed E-state index contributed by atoms with van der Waals surface area (Å²) in [5.41, 5.74) is 0. The molecule has 0 aliphatic rings. The third-order valence-electron chi connectivity index (χ3n) is 2.63. The Morgan fingerprint density at radius 3 is 2.50 bits per heavy atom. The molecule has 90 valence electrons. The highest BCUT2D eigenvalue weighted by molar-refractivity contribution is 5.44. The van der Waals surface area contributed by atoms with Crippen LogP contribution in [0.1, 0.15) is 33.6 Å². The first-order valence-electron chi connectivity index (χ1n) is 6.21. The largest absolute Gasteiger partial charge is 0.370 e. The number of pyridine rings is 1. The lowest BCUT2D eigenvalue weighted by Gasteiger charge is -2.11. The normalized spacial score (nSPS) is 12.2. The van der Waals surface area contributed by atoms with Crippen molar-refractivity contribution < 1.29 is 0 Å². The van der Waals surface area contributed by atoms with Crippen LogP contribution in [-0.2, 0) is 0 Å². The minimum Gasteiger partial charge on any atom is -0.370 e. The Hall–Kier alpha value is -1.25. The van der Waals surface area contributed by atoms with Crippen molar-refractivity contribution in [3.8, 4) is 0 Å². The zero-order chi connectivity index (χ0) is 11.8. The van der Waals surface area contributed by atoms with Crippen molar-refractivity contribution in [2.24, 2.45) is 5.92 Å². The number of nitrogens with zero attached hydrogens (tertiary/aromatic N) is 1. The van der Waals surface area contributed by atoms with Crippen LogP contribution in [0.4, 0.5) is 11.6 Å². The number of hydrogen-bond acceptors (Lipinski definition) is 3. The maximum atomic E-state index is 4.49. The summed E-state index contributed by atoms with van der Waals surface area (Å²) in [6.07, 6.45) is 2.31. The van der Waals surface area contributed by atoms with Gasteiger partial charge in [-0.15, -0.1) is 0 Å². The van der Waals surface area contributed by atoms with E-state index in [1.807, 2.05) is 18.2 Å². The topological polar surface area (TPSA) is 37.0 Å². The first kappa shape index (κ1) is 12.8. The smallest absolute Gasteiger partial charge is 0.128 e. The number of anilines is 2. The second kappa shape index (κ2) is 7.09. The Balaban J connectivity index is 2.46. The summed E-state index contributed by atoms with van der Waals surface area (Å²) in [4.78, 5) is 4.49. The molecule has 1 aromatic rings. The van der Waals surface area contributed by atoms with Gasteiger partial charge in [0.2, 0.25) is 0 Å². The van der Waals surface area contributed by atoms with Crippen molar-refractivity contribution in [2.75, 3.05) is 23.7 Å². The number of hydrogen-bond donors (Lipinski definition) is 2. The van der Waals surface area contributed by atoms with E-state index in [1.165, 1.54) is 6.42 Å². The maximum absolute atomic E-state index is 4.49. The minimum absolute atomic E-state index is 0.689. The van der Waals surface area contributed by atoms with E-state index in [0.29, 0.717) is 5.92 Å². The maximum Gasteiger partial charge on any atom is 0.128 e. The zero-order valence-electron chi connectivity index (χ0n) is 10.6. The van der Waals surface area contributed by atoms with E-state index in [2.05, 4.69) is 36.4 Å². The second-order valence-electron chi connectivity index (χ2n) is 4.23. The molecule has 1 unspecified atom stereocenters. The summed E-state index contributed by atoms with van der Waals surface area (Å²) in [6.45, 7) is 8.56. The Kier molecular flexibility index (Phi) is 5.68. The molecule has 2 N–H and O–H groups in total. The molecular formula is C13H23N3. The third-order valence-corrected chi connectivity index (χ3v) is 2.63. The van der Waals surface area contributed by atoms with Crippen LogP contribution in [0.25, 0.3) is 0 Å². The van der Waals surface area contributed by atoms with E-state index in [1.54, 1.807) is 0 Å². The summed E-state index contributed by atoms with van der Waals surface area (Å²) in [5, 5.41) is 6.65. The molecule has 0 fully saturated rings. The van der Waals surface area contributed by atoms with Crippen LogP contribution in [-0.4, -0.2) is 18.1 Å². The van der Waals surface area contributed by atoms with Gasteiger partial charge in [-0.1, -0.05) is 33.3 Å². The van der Waals surface area contributed by atoms with E-state index >= 15 is 0 Å². The molecule has 0 amide bonds. The molecule has 0 saturated heterocycles. The fourth-order valence-corrected chi connectivity index (χ4v) is 1.31. The average molecular weight is 221 g/mol. The monoisotopic (exact) mass is 221 g/mol. The van der Waals surface area contributed by atoms with Crippen molar-refractivity contribution in [3.05, 3.63) is 18.2 Å². The lowest BCUT2D eigenvalue weighted by Crippen LogP contribution is -2.12. The molecule has 1 rings (SSSR count). The van der Waals surface area contributed by atoms with Crippen molar-refractivity contribution in [1.82, 2.24) is 4.98 Å². The van der Waals surface area contributed by atoms with Crippen LogP contribution in [0.2, 0.25) is 0 Å². The predicted molar refractivity (Wildman–Crippen MR) is 71.0 cm³/mol. The van der Waals surface area contributed by atoms with Gasteiger partial charge in [0.05, 0.1) is 0 Å². The van der Waals surface area contributed by atoms with Gasteiger partial charge < -0.3 is 10.6 Å². The van der Waals surface area contributed by atoms with Gasteiger partial charge >= 0.3 is 0 Å². The second-order valence-corrected chi connectivity index (χ2v) is 4.23. The lowest BCUT2D eigenvalue weighted by atomic mass is 10.1. The lowest BCUT2D eigenvalue weighted by molar-refractivity contribution is 0.592. The molecule has 1 atom stereocenters. The molecule has 3 nitrogen and oxygen atoms in total. The first-order valence-corrected chi connectivity index (χ1v) is 6.21. The van der Waals surface area contributed by atoms with Crippen molar-refractivity contribution in [2.45, 2.75) is 33.6 Å². The molecule has 0 radical (unpaired) electrons. The highest BCUT2D eigenvalue weighted by Crippen LogP contribution is 2.10. The van der Waals surface area contributed by atoms with Gasteiger partial charge in [-0.2, -0.15) is 0 Å². The van der Waals surface area contributed by atoms with Crippen LogP contribution in [0.5, 0.6) is 0 Å². The van der Waals surface area contributed by atoms with Gasteiger partial charge in [-0.05, 0) is 24.5 Å². The summed E-state index contributed by atoms with van der Waals surface area (Å²) in [7, 11) is 0. The Morgan fingerprint density at radius 1 is 1.19 bits per heavy atom. The van der Waals surface area contributed by atoms with Crippen molar-refractivity contribution >= 4 is 11.6 Å². The molecule has 3 heteroatoms. The van der Waals surface area contributed by atoms with Gasteiger partial charge in [-0.3, -0.25) is 0 Å². The summed E-state index contributed by atoms with van der Waals surface area (Å²) < 4.78 is 0. The minimum atomic E-state index is 0.689. The van der Waals surface area contributed by atoms with Crippen LogP contribution in [0.3, 0.4) is 0 Å². The van der Waals surface area contributed by atoms with Crippen LogP contribution in [0.15, 0.2) is 18.2 Å². The van der Waals surface area contributed by atoms with E-state index in [-0.39, 0.29) is 0 Å². The van der Waals surface area contributed by atoms with Gasteiger partial charge in [0.1, 0.15) is 11.6 Å². The third kappa shape index (κ3) is 4.51. The van der Waals surface area contributed by atoms with Crippen molar-refractivity contribution in [3.63, 3.8) is 0 Å². The molecular weight excluding hydrogens is 198 g/mol. The zero-order valence-corrected chi connectivity index (χ0v) is 10.6. The molecule has 1 heterocycles. The Morgan fingerprint density at radius 2 is 1.88 bits per heavy atom. The van der Waals surface area contributed by atoms with Gasteiger partial charge in [0.25, 0.3) is 0 Å². The number of aromatic nitrogens is 1. The molecule has 0 spiro atoms. The molecule has 0 aliphatic heterocycles. The van der Waals surface area contributed by atoms with Crippen molar-refractivity contribution in [1.29, 1.82) is 0 Å². The van der Waals surface area contributed by atoms with Gasteiger partial charge in [0, 0.05) is 13.1 Å². The highest BCUT2D eigenvalue weighted by Gasteiger charge is 2.00. The molecule has 0 aromatic carbocycles. The SMILES string of the molecule is CCCNc1cccc(NCC(C)CC)n1. The predicted octanol–water partition coefficient (Wildman–Crippen LogP) is 3.36. The van der Waals surface area contributed by atoms with E-state index in [0.717, 1.165) is 31.1 Å².